The van der Waals surface area contributed by atoms with Crippen molar-refractivity contribution in [1.82, 2.24) is 15.5 Å². The van der Waals surface area contributed by atoms with Gasteiger partial charge < -0.3 is 29.7 Å². The van der Waals surface area contributed by atoms with Crippen molar-refractivity contribution in [2.75, 3.05) is 55.6 Å². The predicted molar refractivity (Wildman–Crippen MR) is 122 cm³/mol. The van der Waals surface area contributed by atoms with Gasteiger partial charge in [-0.05, 0) is 44.3 Å². The van der Waals surface area contributed by atoms with E-state index in [2.05, 4.69) is 40.7 Å². The van der Waals surface area contributed by atoms with Crippen molar-refractivity contribution in [2.45, 2.75) is 12.5 Å². The van der Waals surface area contributed by atoms with Gasteiger partial charge in [0.25, 0.3) is 0 Å². The summed E-state index contributed by atoms with van der Waals surface area (Å²) >= 11 is 0. The molecule has 0 aromatic heterocycles. The minimum atomic E-state index is 0.144. The lowest BCUT2D eigenvalue weighted by atomic mass is 10.0. The average Bonchev–Trinajstić information content (AvgIpc) is 2.77. The molecule has 0 saturated heterocycles. The lowest BCUT2D eigenvalue weighted by Crippen LogP contribution is -2.42. The van der Waals surface area contributed by atoms with Crippen LogP contribution in [0.2, 0.25) is 0 Å². The Morgan fingerprint density at radius 3 is 2.27 bits per heavy atom. The summed E-state index contributed by atoms with van der Waals surface area (Å²) in [5.74, 6) is 3.12. The lowest BCUT2D eigenvalue weighted by Gasteiger charge is -2.27. The predicted octanol–water partition coefficient (Wildman–Crippen LogP) is 2.72. The number of rotatable bonds is 10. The van der Waals surface area contributed by atoms with Crippen molar-refractivity contribution < 1.29 is 14.2 Å². The van der Waals surface area contributed by atoms with Crippen molar-refractivity contribution in [2.24, 2.45) is 4.99 Å². The average molecular weight is 415 g/mol. The van der Waals surface area contributed by atoms with Crippen LogP contribution in [0.4, 0.5) is 0 Å². The first kappa shape index (κ1) is 23.3. The number of ether oxygens (including phenoxy) is 3. The van der Waals surface area contributed by atoms with E-state index < -0.39 is 0 Å². The molecular weight excluding hydrogens is 380 g/mol. The van der Waals surface area contributed by atoms with Gasteiger partial charge in [-0.2, -0.15) is 0 Å². The first-order valence-electron chi connectivity index (χ1n) is 9.98. The van der Waals surface area contributed by atoms with Crippen molar-refractivity contribution >= 4 is 5.96 Å². The maximum Gasteiger partial charge on any atom is 0.191 e. The third kappa shape index (κ3) is 6.29. The number of nitrogens with zero attached hydrogens (tertiary/aromatic N) is 2. The van der Waals surface area contributed by atoms with E-state index >= 15 is 0 Å². The summed E-state index contributed by atoms with van der Waals surface area (Å²) in [5.41, 5.74) is 2.30. The van der Waals surface area contributed by atoms with Gasteiger partial charge in [0.1, 0.15) is 5.75 Å². The summed E-state index contributed by atoms with van der Waals surface area (Å²) < 4.78 is 16.2. The van der Waals surface area contributed by atoms with Gasteiger partial charge in [0.2, 0.25) is 0 Å². The maximum atomic E-state index is 5.54. The molecule has 0 aliphatic rings. The largest absolute Gasteiger partial charge is 0.496 e. The molecule has 0 spiro atoms. The summed E-state index contributed by atoms with van der Waals surface area (Å²) in [7, 11) is 10.9. The normalized spacial score (nSPS) is 12.4. The van der Waals surface area contributed by atoms with Crippen LogP contribution >= 0.6 is 0 Å². The van der Waals surface area contributed by atoms with Crippen molar-refractivity contribution in [3.8, 4) is 17.2 Å². The number of likely N-dealkylation sites (N-methyl/N-ethyl adjacent to an activating group) is 1. The number of methoxy groups -OCH3 is 3. The third-order valence-electron chi connectivity index (χ3n) is 4.96. The number of benzene rings is 2. The molecule has 2 rings (SSSR count). The summed E-state index contributed by atoms with van der Waals surface area (Å²) in [6.45, 7) is 1.44. The second-order valence-electron chi connectivity index (χ2n) is 7.04. The maximum absolute atomic E-state index is 5.54. The topological polar surface area (TPSA) is 67.4 Å². The van der Waals surface area contributed by atoms with Crippen LogP contribution in [0.25, 0.3) is 0 Å². The Morgan fingerprint density at radius 2 is 1.63 bits per heavy atom. The summed E-state index contributed by atoms with van der Waals surface area (Å²) in [6.07, 6.45) is 0.838. The molecule has 0 aliphatic heterocycles. The van der Waals surface area contributed by atoms with Crippen LogP contribution in [-0.2, 0) is 6.42 Å². The summed E-state index contributed by atoms with van der Waals surface area (Å²) in [6, 6.07) is 14.2. The molecule has 7 heteroatoms. The number of hydrogen-bond donors (Lipinski definition) is 2. The van der Waals surface area contributed by atoms with E-state index in [0.717, 1.165) is 47.3 Å². The molecule has 0 saturated carbocycles. The van der Waals surface area contributed by atoms with Gasteiger partial charge in [-0.1, -0.05) is 24.3 Å². The molecule has 2 aromatic rings. The van der Waals surface area contributed by atoms with E-state index in [4.69, 9.17) is 14.2 Å². The van der Waals surface area contributed by atoms with E-state index in [1.165, 1.54) is 0 Å². The highest BCUT2D eigenvalue weighted by molar-refractivity contribution is 5.79. The van der Waals surface area contributed by atoms with Crippen molar-refractivity contribution in [3.63, 3.8) is 0 Å². The number of guanidine groups is 1. The zero-order chi connectivity index (χ0) is 21.9. The molecule has 2 aromatic carbocycles. The highest BCUT2D eigenvalue weighted by Crippen LogP contribution is 2.28. The first-order chi connectivity index (χ1) is 14.5. The Hall–Kier alpha value is -2.93. The number of aliphatic imine (C=N–C) groups is 1. The molecular formula is C23H34N4O3. The van der Waals surface area contributed by atoms with E-state index in [1.54, 1.807) is 28.4 Å². The highest BCUT2D eigenvalue weighted by Gasteiger charge is 2.18. The Labute approximate surface area is 180 Å². The van der Waals surface area contributed by atoms with E-state index in [-0.39, 0.29) is 6.04 Å². The molecule has 2 N–H and O–H groups in total. The first-order valence-corrected chi connectivity index (χ1v) is 9.98. The van der Waals surface area contributed by atoms with Crippen molar-refractivity contribution in [1.29, 1.82) is 0 Å². The van der Waals surface area contributed by atoms with Gasteiger partial charge in [0.15, 0.2) is 17.5 Å². The lowest BCUT2D eigenvalue weighted by molar-refractivity contribution is 0.288. The fraction of sp³-hybridized carbons (Fsp3) is 0.435. The van der Waals surface area contributed by atoms with E-state index in [1.807, 2.05) is 36.4 Å². The highest BCUT2D eigenvalue weighted by atomic mass is 16.5. The van der Waals surface area contributed by atoms with Gasteiger partial charge >= 0.3 is 0 Å². The Kier molecular flexibility index (Phi) is 9.28. The molecule has 0 fully saturated rings. The van der Waals surface area contributed by atoms with Crippen LogP contribution in [0.3, 0.4) is 0 Å². The molecule has 1 unspecified atom stereocenters. The Morgan fingerprint density at radius 1 is 0.933 bits per heavy atom. The van der Waals surface area contributed by atoms with Crippen molar-refractivity contribution in [3.05, 3.63) is 53.6 Å². The number of para-hydroxylation sites is 1. The second kappa shape index (κ2) is 11.9. The van der Waals surface area contributed by atoms with Gasteiger partial charge in [-0.3, -0.25) is 4.99 Å². The van der Waals surface area contributed by atoms with Gasteiger partial charge in [-0.15, -0.1) is 0 Å². The fourth-order valence-electron chi connectivity index (χ4n) is 3.29. The third-order valence-corrected chi connectivity index (χ3v) is 4.96. The Bertz CT molecular complexity index is 824. The molecule has 164 valence electrons. The van der Waals surface area contributed by atoms with Crippen LogP contribution in [0, 0.1) is 0 Å². The van der Waals surface area contributed by atoms with Crippen LogP contribution < -0.4 is 24.8 Å². The smallest absolute Gasteiger partial charge is 0.191 e. The van der Waals surface area contributed by atoms with Crippen LogP contribution in [0.15, 0.2) is 47.5 Å². The molecule has 0 heterocycles. The van der Waals surface area contributed by atoms with Crippen LogP contribution in [0.1, 0.15) is 17.2 Å². The summed E-state index contributed by atoms with van der Waals surface area (Å²) in [5, 5.41) is 6.80. The van der Waals surface area contributed by atoms with Gasteiger partial charge in [0.05, 0.1) is 27.4 Å². The van der Waals surface area contributed by atoms with Crippen LogP contribution in [-0.4, -0.2) is 66.4 Å². The molecule has 0 radical (unpaired) electrons. The Balaban J connectivity index is 1.94. The quantitative estimate of drug-likeness (QED) is 0.460. The molecule has 7 nitrogen and oxygen atoms in total. The number of nitrogens with one attached hydrogen (secondary N) is 2. The SMILES string of the molecule is CN=C(NCCc1ccc(OC)c(OC)c1)NCC(c1ccccc1OC)N(C)C. The van der Waals surface area contributed by atoms with E-state index in [0.29, 0.717) is 6.54 Å². The standard InChI is InChI=1S/C23H34N4O3/c1-24-23(25-14-13-17-11-12-21(29-5)22(15-17)30-6)26-16-19(27(2)3)18-9-7-8-10-20(18)28-4/h7-12,15,19H,13-14,16H2,1-6H3,(H2,24,25,26). The molecule has 1 atom stereocenters. The minimum Gasteiger partial charge on any atom is -0.496 e. The zero-order valence-electron chi connectivity index (χ0n) is 18.9. The second-order valence-corrected chi connectivity index (χ2v) is 7.04. The number of hydrogen-bond acceptors (Lipinski definition) is 5. The monoisotopic (exact) mass is 414 g/mol. The zero-order valence-corrected chi connectivity index (χ0v) is 18.9. The minimum absolute atomic E-state index is 0.144. The molecule has 0 amide bonds. The van der Waals surface area contributed by atoms with Gasteiger partial charge in [0, 0.05) is 25.7 Å². The molecule has 0 aliphatic carbocycles. The molecule has 30 heavy (non-hydrogen) atoms. The molecule has 0 bridgehead atoms. The van der Waals surface area contributed by atoms with Gasteiger partial charge in [-0.25, -0.2) is 0 Å². The fourth-order valence-corrected chi connectivity index (χ4v) is 3.29. The van der Waals surface area contributed by atoms with E-state index in [9.17, 15) is 0 Å². The van der Waals surface area contributed by atoms with Crippen LogP contribution in [0.5, 0.6) is 17.2 Å². The summed E-state index contributed by atoms with van der Waals surface area (Å²) in [4.78, 5) is 6.52.